The zero-order chi connectivity index (χ0) is 12.2. The van der Waals surface area contributed by atoms with Gasteiger partial charge in [0.15, 0.2) is 0 Å². The minimum atomic E-state index is -0.381. The van der Waals surface area contributed by atoms with E-state index in [0.717, 1.165) is 31.5 Å². The first-order valence-corrected chi connectivity index (χ1v) is 6.14. The lowest BCUT2D eigenvalue weighted by Gasteiger charge is -2.20. The Balaban J connectivity index is 2.58. The topological polar surface area (TPSA) is 38.0 Å². The summed E-state index contributed by atoms with van der Waals surface area (Å²) in [5.74, 6) is 0. The Morgan fingerprint density at radius 3 is 2.69 bits per heavy atom. The van der Waals surface area contributed by atoms with Crippen molar-refractivity contribution < 1.29 is 5.11 Å². The number of aryl methyl sites for hydroxylation is 1. The molecular formula is C13H24N2O. The van der Waals surface area contributed by atoms with E-state index in [0.29, 0.717) is 0 Å². The quantitative estimate of drug-likeness (QED) is 0.834. The summed E-state index contributed by atoms with van der Waals surface area (Å²) < 4.78 is 1.91. The van der Waals surface area contributed by atoms with Crippen LogP contribution >= 0.6 is 0 Å². The molecule has 1 aromatic rings. The molecule has 1 N–H and O–H groups in total. The second-order valence-corrected chi connectivity index (χ2v) is 5.59. The standard InChI is InChI=1S/C13H24N2O/c1-5-10-15-11(7-9-14-15)12(16)6-8-13(2,3)4/h7,9,12,16H,5-6,8,10H2,1-4H3. The summed E-state index contributed by atoms with van der Waals surface area (Å²) in [7, 11) is 0. The fourth-order valence-corrected chi connectivity index (χ4v) is 1.74. The molecule has 1 rings (SSSR count). The van der Waals surface area contributed by atoms with E-state index >= 15 is 0 Å². The van der Waals surface area contributed by atoms with Crippen LogP contribution in [0.3, 0.4) is 0 Å². The number of aromatic nitrogens is 2. The average molecular weight is 224 g/mol. The van der Waals surface area contributed by atoms with Gasteiger partial charge >= 0.3 is 0 Å². The van der Waals surface area contributed by atoms with Crippen LogP contribution in [-0.2, 0) is 6.54 Å². The SMILES string of the molecule is CCCn1nccc1C(O)CCC(C)(C)C. The van der Waals surface area contributed by atoms with Crippen LogP contribution < -0.4 is 0 Å². The lowest BCUT2D eigenvalue weighted by atomic mass is 9.89. The highest BCUT2D eigenvalue weighted by Crippen LogP contribution is 2.27. The third-order valence-electron chi connectivity index (χ3n) is 2.69. The Morgan fingerprint density at radius 2 is 2.12 bits per heavy atom. The van der Waals surface area contributed by atoms with Crippen LogP contribution in [0.1, 0.15) is 58.8 Å². The Labute approximate surface area is 98.5 Å². The maximum Gasteiger partial charge on any atom is 0.0956 e. The molecule has 1 aromatic heterocycles. The van der Waals surface area contributed by atoms with E-state index in [2.05, 4.69) is 32.8 Å². The normalized spacial score (nSPS) is 14.1. The lowest BCUT2D eigenvalue weighted by molar-refractivity contribution is 0.137. The highest BCUT2D eigenvalue weighted by atomic mass is 16.3. The lowest BCUT2D eigenvalue weighted by Crippen LogP contribution is -2.12. The van der Waals surface area contributed by atoms with Gasteiger partial charge < -0.3 is 5.11 Å². The summed E-state index contributed by atoms with van der Waals surface area (Å²) in [5.41, 5.74) is 1.22. The summed E-state index contributed by atoms with van der Waals surface area (Å²) in [6, 6.07) is 1.92. The largest absolute Gasteiger partial charge is 0.387 e. The van der Waals surface area contributed by atoms with Crippen molar-refractivity contribution in [2.24, 2.45) is 5.41 Å². The van der Waals surface area contributed by atoms with E-state index in [-0.39, 0.29) is 11.5 Å². The molecule has 0 aliphatic heterocycles. The molecule has 0 fully saturated rings. The smallest absolute Gasteiger partial charge is 0.0956 e. The molecule has 0 aliphatic rings. The molecule has 1 unspecified atom stereocenters. The van der Waals surface area contributed by atoms with Gasteiger partial charge in [-0.05, 0) is 30.7 Å². The number of hydrogen-bond acceptors (Lipinski definition) is 2. The fraction of sp³-hybridized carbons (Fsp3) is 0.769. The Morgan fingerprint density at radius 1 is 1.44 bits per heavy atom. The molecule has 1 atom stereocenters. The van der Waals surface area contributed by atoms with Gasteiger partial charge in [0.05, 0.1) is 11.8 Å². The second-order valence-electron chi connectivity index (χ2n) is 5.59. The summed E-state index contributed by atoms with van der Waals surface area (Å²) in [6.45, 7) is 9.59. The third-order valence-corrected chi connectivity index (χ3v) is 2.69. The first kappa shape index (κ1) is 13.2. The molecule has 0 bridgehead atoms. The van der Waals surface area contributed by atoms with Crippen LogP contribution in [0, 0.1) is 5.41 Å². The molecule has 3 heteroatoms. The molecule has 3 nitrogen and oxygen atoms in total. The predicted molar refractivity (Wildman–Crippen MR) is 66.2 cm³/mol. The predicted octanol–water partition coefficient (Wildman–Crippen LogP) is 3.15. The van der Waals surface area contributed by atoms with E-state index in [4.69, 9.17) is 0 Å². The van der Waals surface area contributed by atoms with Crippen molar-refractivity contribution in [3.63, 3.8) is 0 Å². The van der Waals surface area contributed by atoms with Crippen LogP contribution in [0.25, 0.3) is 0 Å². The molecule has 16 heavy (non-hydrogen) atoms. The molecule has 1 heterocycles. The van der Waals surface area contributed by atoms with Crippen molar-refractivity contribution in [3.05, 3.63) is 18.0 Å². The first-order chi connectivity index (χ1) is 7.44. The molecule has 0 saturated carbocycles. The fourth-order valence-electron chi connectivity index (χ4n) is 1.74. The maximum atomic E-state index is 10.1. The van der Waals surface area contributed by atoms with E-state index in [1.54, 1.807) is 6.20 Å². The molecular weight excluding hydrogens is 200 g/mol. The van der Waals surface area contributed by atoms with Gasteiger partial charge in [-0.3, -0.25) is 4.68 Å². The molecule has 92 valence electrons. The minimum absolute atomic E-state index is 0.274. The van der Waals surface area contributed by atoms with Gasteiger partial charge in [0.2, 0.25) is 0 Å². The number of aliphatic hydroxyl groups is 1. The van der Waals surface area contributed by atoms with E-state index in [9.17, 15) is 5.11 Å². The van der Waals surface area contributed by atoms with Gasteiger partial charge in [-0.2, -0.15) is 5.10 Å². The van der Waals surface area contributed by atoms with Gasteiger partial charge in [0, 0.05) is 12.7 Å². The van der Waals surface area contributed by atoms with Crippen molar-refractivity contribution in [1.29, 1.82) is 0 Å². The second kappa shape index (κ2) is 5.48. The zero-order valence-corrected chi connectivity index (χ0v) is 10.9. The number of hydrogen-bond donors (Lipinski definition) is 1. The Hall–Kier alpha value is -0.830. The van der Waals surface area contributed by atoms with Crippen molar-refractivity contribution in [3.8, 4) is 0 Å². The van der Waals surface area contributed by atoms with E-state index in [1.807, 2.05) is 10.7 Å². The van der Waals surface area contributed by atoms with E-state index in [1.165, 1.54) is 0 Å². The monoisotopic (exact) mass is 224 g/mol. The van der Waals surface area contributed by atoms with Gasteiger partial charge in [-0.25, -0.2) is 0 Å². The van der Waals surface area contributed by atoms with Gasteiger partial charge in [-0.1, -0.05) is 27.7 Å². The summed E-state index contributed by atoms with van der Waals surface area (Å²) in [5, 5.41) is 14.3. The minimum Gasteiger partial charge on any atom is -0.387 e. The van der Waals surface area contributed by atoms with E-state index < -0.39 is 0 Å². The number of rotatable bonds is 5. The molecule has 0 aliphatic carbocycles. The molecule has 0 radical (unpaired) electrons. The van der Waals surface area contributed by atoms with Crippen LogP contribution in [0.4, 0.5) is 0 Å². The molecule has 0 spiro atoms. The van der Waals surface area contributed by atoms with Crippen LogP contribution in [0.2, 0.25) is 0 Å². The highest BCUT2D eigenvalue weighted by molar-refractivity contribution is 5.04. The highest BCUT2D eigenvalue weighted by Gasteiger charge is 2.17. The van der Waals surface area contributed by atoms with Crippen molar-refractivity contribution in [2.45, 2.75) is 59.6 Å². The number of aliphatic hydroxyl groups excluding tert-OH is 1. The van der Waals surface area contributed by atoms with Crippen LogP contribution in [0.15, 0.2) is 12.3 Å². The first-order valence-electron chi connectivity index (χ1n) is 6.14. The molecule has 0 aromatic carbocycles. The van der Waals surface area contributed by atoms with Crippen molar-refractivity contribution in [1.82, 2.24) is 9.78 Å². The number of nitrogens with zero attached hydrogens (tertiary/aromatic N) is 2. The molecule has 0 amide bonds. The van der Waals surface area contributed by atoms with Crippen molar-refractivity contribution >= 4 is 0 Å². The van der Waals surface area contributed by atoms with Crippen molar-refractivity contribution in [2.75, 3.05) is 0 Å². The Bertz CT molecular complexity index is 312. The van der Waals surface area contributed by atoms with Gasteiger partial charge in [-0.15, -0.1) is 0 Å². The summed E-state index contributed by atoms with van der Waals surface area (Å²) in [6.07, 6.45) is 4.25. The van der Waals surface area contributed by atoms with Gasteiger partial charge in [0.25, 0.3) is 0 Å². The molecule has 0 saturated heterocycles. The Kier molecular flexibility index (Phi) is 4.54. The van der Waals surface area contributed by atoms with Gasteiger partial charge in [0.1, 0.15) is 0 Å². The average Bonchev–Trinajstić information content (AvgIpc) is 2.62. The van der Waals surface area contributed by atoms with Crippen LogP contribution in [0.5, 0.6) is 0 Å². The maximum absolute atomic E-state index is 10.1. The third kappa shape index (κ3) is 3.97. The summed E-state index contributed by atoms with van der Waals surface area (Å²) >= 11 is 0. The van der Waals surface area contributed by atoms with Crippen LogP contribution in [-0.4, -0.2) is 14.9 Å². The summed E-state index contributed by atoms with van der Waals surface area (Å²) in [4.78, 5) is 0. The zero-order valence-electron chi connectivity index (χ0n) is 10.9.